The maximum Gasteiger partial charge on any atom is 0.152 e. The largest absolute Gasteiger partial charge is 0.362 e. The highest BCUT2D eigenvalue weighted by Crippen LogP contribution is 2.51. The molecule has 0 N–H and O–H groups in total. The molecule has 3 heteroatoms. The standard InChI is InChI=1S/C17H21BrO2/c1-13-9-10-17(12-19,16(2,3)15(13)18)20-11-14-7-5-4-6-8-14/h4-8,12H,9-11H2,1-3H3/t17-/m1/s1. The van der Waals surface area contributed by atoms with Crippen molar-refractivity contribution in [3.05, 3.63) is 46.0 Å². The second-order valence-electron chi connectivity index (χ2n) is 6.00. The van der Waals surface area contributed by atoms with Gasteiger partial charge in [-0.2, -0.15) is 0 Å². The molecule has 2 nitrogen and oxygen atoms in total. The molecule has 1 atom stereocenters. The van der Waals surface area contributed by atoms with Crippen LogP contribution in [0.3, 0.4) is 0 Å². The number of hydrogen-bond donors (Lipinski definition) is 0. The van der Waals surface area contributed by atoms with Gasteiger partial charge in [0.1, 0.15) is 5.60 Å². The van der Waals surface area contributed by atoms with Crippen molar-refractivity contribution in [3.63, 3.8) is 0 Å². The van der Waals surface area contributed by atoms with Crippen LogP contribution in [-0.4, -0.2) is 11.9 Å². The third-order valence-corrected chi connectivity index (χ3v) is 6.05. The van der Waals surface area contributed by atoms with Gasteiger partial charge in [0.05, 0.1) is 6.61 Å². The van der Waals surface area contributed by atoms with Gasteiger partial charge in [-0.1, -0.05) is 65.7 Å². The van der Waals surface area contributed by atoms with Crippen LogP contribution in [0.15, 0.2) is 40.4 Å². The number of hydrogen-bond acceptors (Lipinski definition) is 2. The van der Waals surface area contributed by atoms with E-state index in [2.05, 4.69) is 36.7 Å². The normalized spacial score (nSPS) is 25.6. The average molecular weight is 337 g/mol. The summed E-state index contributed by atoms with van der Waals surface area (Å²) >= 11 is 3.66. The number of aldehydes is 1. The summed E-state index contributed by atoms with van der Waals surface area (Å²) in [4.78, 5) is 11.8. The molecule has 0 saturated carbocycles. The Hall–Kier alpha value is -0.930. The SMILES string of the molecule is CC1=C(Br)C(C)(C)[C@@](C=O)(OCc2ccccc2)CC1. The van der Waals surface area contributed by atoms with Gasteiger partial charge < -0.3 is 9.53 Å². The molecule has 0 amide bonds. The zero-order chi connectivity index (χ0) is 14.8. The highest BCUT2D eigenvalue weighted by Gasteiger charge is 2.50. The summed E-state index contributed by atoms with van der Waals surface area (Å²) in [6.07, 6.45) is 2.61. The first-order valence-electron chi connectivity index (χ1n) is 6.93. The molecule has 0 heterocycles. The number of benzene rings is 1. The molecule has 1 aromatic carbocycles. The Morgan fingerprint density at radius 1 is 1.30 bits per heavy atom. The molecular weight excluding hydrogens is 316 g/mol. The Morgan fingerprint density at radius 3 is 2.55 bits per heavy atom. The average Bonchev–Trinajstić information content (AvgIpc) is 2.46. The number of carbonyl (C=O) groups is 1. The van der Waals surface area contributed by atoms with E-state index in [4.69, 9.17) is 4.74 Å². The Balaban J connectivity index is 2.24. The minimum Gasteiger partial charge on any atom is -0.362 e. The quantitative estimate of drug-likeness (QED) is 0.749. The summed E-state index contributed by atoms with van der Waals surface area (Å²) in [6, 6.07) is 9.98. The third kappa shape index (κ3) is 2.61. The molecule has 0 spiro atoms. The Morgan fingerprint density at radius 2 is 1.95 bits per heavy atom. The lowest BCUT2D eigenvalue weighted by Crippen LogP contribution is -2.51. The van der Waals surface area contributed by atoms with Gasteiger partial charge in [-0.05, 0) is 25.3 Å². The topological polar surface area (TPSA) is 26.3 Å². The van der Waals surface area contributed by atoms with Crippen LogP contribution in [0.1, 0.15) is 39.2 Å². The summed E-state index contributed by atoms with van der Waals surface area (Å²) in [5.41, 5.74) is 1.29. The fourth-order valence-corrected chi connectivity index (χ4v) is 3.33. The van der Waals surface area contributed by atoms with E-state index >= 15 is 0 Å². The highest BCUT2D eigenvalue weighted by molar-refractivity contribution is 9.11. The van der Waals surface area contributed by atoms with Crippen molar-refractivity contribution in [1.82, 2.24) is 0 Å². The number of halogens is 1. The van der Waals surface area contributed by atoms with Crippen molar-refractivity contribution >= 4 is 22.2 Å². The van der Waals surface area contributed by atoms with E-state index in [-0.39, 0.29) is 5.41 Å². The number of ether oxygens (including phenoxy) is 1. The second kappa shape index (κ2) is 5.82. The molecule has 2 rings (SSSR count). The fraction of sp³-hybridized carbons (Fsp3) is 0.471. The van der Waals surface area contributed by atoms with E-state index in [1.165, 1.54) is 5.57 Å². The lowest BCUT2D eigenvalue weighted by Gasteiger charge is -2.46. The number of allylic oxidation sites excluding steroid dienone is 1. The van der Waals surface area contributed by atoms with Crippen LogP contribution in [0, 0.1) is 5.41 Å². The van der Waals surface area contributed by atoms with Crippen molar-refractivity contribution in [3.8, 4) is 0 Å². The van der Waals surface area contributed by atoms with Crippen molar-refractivity contribution < 1.29 is 9.53 Å². The summed E-state index contributed by atoms with van der Waals surface area (Å²) < 4.78 is 7.20. The van der Waals surface area contributed by atoms with Crippen LogP contribution in [0.5, 0.6) is 0 Å². The molecular formula is C17H21BrO2. The molecule has 0 aromatic heterocycles. The van der Waals surface area contributed by atoms with Crippen LogP contribution in [0.25, 0.3) is 0 Å². The third-order valence-electron chi connectivity index (χ3n) is 4.38. The van der Waals surface area contributed by atoms with Gasteiger partial charge in [-0.3, -0.25) is 0 Å². The molecule has 1 aliphatic carbocycles. The minimum atomic E-state index is -0.763. The van der Waals surface area contributed by atoms with E-state index in [1.54, 1.807) is 0 Å². The van der Waals surface area contributed by atoms with E-state index < -0.39 is 5.60 Å². The Kier molecular flexibility index (Phi) is 4.50. The van der Waals surface area contributed by atoms with Gasteiger partial charge in [0.15, 0.2) is 6.29 Å². The molecule has 1 aliphatic rings. The lowest BCUT2D eigenvalue weighted by atomic mass is 9.68. The van der Waals surface area contributed by atoms with E-state index in [0.717, 1.165) is 29.2 Å². The maximum atomic E-state index is 11.8. The molecule has 1 aromatic rings. The van der Waals surface area contributed by atoms with Crippen LogP contribution in [-0.2, 0) is 16.1 Å². The van der Waals surface area contributed by atoms with E-state index in [9.17, 15) is 4.79 Å². The summed E-state index contributed by atoms with van der Waals surface area (Å²) in [5, 5.41) is 0. The molecule has 0 fully saturated rings. The predicted octanol–water partition coefficient (Wildman–Crippen LogP) is 4.63. The lowest BCUT2D eigenvalue weighted by molar-refractivity contribution is -0.152. The Labute approximate surface area is 129 Å². The zero-order valence-electron chi connectivity index (χ0n) is 12.3. The molecule has 108 valence electrons. The fourth-order valence-electron chi connectivity index (χ4n) is 2.79. The summed E-state index contributed by atoms with van der Waals surface area (Å²) in [6.45, 7) is 6.71. The van der Waals surface area contributed by atoms with Gasteiger partial charge in [-0.15, -0.1) is 0 Å². The summed E-state index contributed by atoms with van der Waals surface area (Å²) in [5.74, 6) is 0. The van der Waals surface area contributed by atoms with Gasteiger partial charge in [0.25, 0.3) is 0 Å². The molecule has 20 heavy (non-hydrogen) atoms. The van der Waals surface area contributed by atoms with Crippen LogP contribution >= 0.6 is 15.9 Å². The number of rotatable bonds is 4. The van der Waals surface area contributed by atoms with Gasteiger partial charge in [0.2, 0.25) is 0 Å². The van der Waals surface area contributed by atoms with Crippen molar-refractivity contribution in [2.75, 3.05) is 0 Å². The minimum absolute atomic E-state index is 0.341. The maximum absolute atomic E-state index is 11.8. The predicted molar refractivity (Wildman–Crippen MR) is 84.7 cm³/mol. The molecule has 0 bridgehead atoms. The molecule has 0 saturated heterocycles. The first-order chi connectivity index (χ1) is 9.43. The Bertz CT molecular complexity index is 519. The molecule has 0 unspecified atom stereocenters. The van der Waals surface area contributed by atoms with Crippen molar-refractivity contribution in [1.29, 1.82) is 0 Å². The van der Waals surface area contributed by atoms with Crippen LogP contribution in [0.4, 0.5) is 0 Å². The smallest absolute Gasteiger partial charge is 0.152 e. The van der Waals surface area contributed by atoms with Crippen molar-refractivity contribution in [2.45, 2.75) is 45.8 Å². The van der Waals surface area contributed by atoms with E-state index in [0.29, 0.717) is 6.61 Å². The summed E-state index contributed by atoms with van der Waals surface area (Å²) in [7, 11) is 0. The molecule has 0 aliphatic heterocycles. The highest BCUT2D eigenvalue weighted by atomic mass is 79.9. The first kappa shape index (κ1) is 15.5. The van der Waals surface area contributed by atoms with Crippen molar-refractivity contribution in [2.24, 2.45) is 5.41 Å². The van der Waals surface area contributed by atoms with E-state index in [1.807, 2.05) is 30.3 Å². The van der Waals surface area contributed by atoms with Crippen LogP contribution in [0.2, 0.25) is 0 Å². The monoisotopic (exact) mass is 336 g/mol. The van der Waals surface area contributed by atoms with Gasteiger partial charge in [-0.25, -0.2) is 0 Å². The molecule has 0 radical (unpaired) electrons. The van der Waals surface area contributed by atoms with Gasteiger partial charge >= 0.3 is 0 Å². The van der Waals surface area contributed by atoms with Crippen LogP contribution < -0.4 is 0 Å². The zero-order valence-corrected chi connectivity index (χ0v) is 13.9. The number of carbonyl (C=O) groups excluding carboxylic acids is 1. The second-order valence-corrected chi connectivity index (χ2v) is 6.79. The van der Waals surface area contributed by atoms with Gasteiger partial charge in [0, 0.05) is 9.90 Å². The first-order valence-corrected chi connectivity index (χ1v) is 7.72.